The topological polar surface area (TPSA) is 93.1 Å². The summed E-state index contributed by atoms with van der Waals surface area (Å²) in [5.41, 5.74) is -0.0845. The van der Waals surface area contributed by atoms with Crippen molar-refractivity contribution < 1.29 is 29.3 Å². The standard InChI is InChI=1S/C11H11BrO6/c1-17-7-4-6(12)5(3-8(13)14)9(11(15)16)10(7)18-2/h4H,3H2,1-2H3,(H,13,14)(H,15,16). The third-order valence-corrected chi connectivity index (χ3v) is 2.97. The second-order valence-electron chi connectivity index (χ2n) is 3.32. The van der Waals surface area contributed by atoms with E-state index in [-0.39, 0.29) is 22.6 Å². The van der Waals surface area contributed by atoms with Crippen molar-refractivity contribution in [2.75, 3.05) is 14.2 Å². The zero-order valence-electron chi connectivity index (χ0n) is 9.69. The summed E-state index contributed by atoms with van der Waals surface area (Å²) in [6.07, 6.45) is -0.428. The van der Waals surface area contributed by atoms with E-state index in [2.05, 4.69) is 15.9 Å². The van der Waals surface area contributed by atoms with E-state index in [1.807, 2.05) is 0 Å². The monoisotopic (exact) mass is 318 g/mol. The Balaban J connectivity index is 3.58. The van der Waals surface area contributed by atoms with Crippen molar-refractivity contribution >= 4 is 27.9 Å². The molecule has 2 N–H and O–H groups in total. The lowest BCUT2D eigenvalue weighted by Crippen LogP contribution is -2.11. The van der Waals surface area contributed by atoms with Gasteiger partial charge in [-0.05, 0) is 11.6 Å². The normalized spacial score (nSPS) is 9.94. The molecule has 0 aliphatic heterocycles. The van der Waals surface area contributed by atoms with Gasteiger partial charge < -0.3 is 19.7 Å². The summed E-state index contributed by atoms with van der Waals surface area (Å²) in [5, 5.41) is 18.0. The molecule has 0 atom stereocenters. The Labute approximate surface area is 111 Å². The van der Waals surface area contributed by atoms with Crippen LogP contribution in [0.1, 0.15) is 15.9 Å². The lowest BCUT2D eigenvalue weighted by Gasteiger charge is -2.15. The first kappa shape index (κ1) is 14.3. The number of carboxylic acids is 2. The van der Waals surface area contributed by atoms with Crippen LogP contribution < -0.4 is 9.47 Å². The molecular weight excluding hydrogens is 308 g/mol. The van der Waals surface area contributed by atoms with Crippen molar-refractivity contribution in [3.05, 3.63) is 21.7 Å². The maximum atomic E-state index is 11.3. The average Bonchev–Trinajstić information content (AvgIpc) is 2.29. The molecule has 1 rings (SSSR count). The number of aliphatic carboxylic acids is 1. The number of carbonyl (C=O) groups is 2. The fraction of sp³-hybridized carbons (Fsp3) is 0.273. The van der Waals surface area contributed by atoms with Crippen molar-refractivity contribution in [1.82, 2.24) is 0 Å². The van der Waals surface area contributed by atoms with Gasteiger partial charge in [-0.2, -0.15) is 0 Å². The fourth-order valence-corrected chi connectivity index (χ4v) is 2.10. The predicted octanol–water partition coefficient (Wildman–Crippen LogP) is 1.79. The van der Waals surface area contributed by atoms with Gasteiger partial charge in [0.2, 0.25) is 0 Å². The maximum Gasteiger partial charge on any atom is 0.339 e. The van der Waals surface area contributed by atoms with E-state index in [4.69, 9.17) is 14.6 Å². The highest BCUT2D eigenvalue weighted by Gasteiger charge is 2.24. The number of hydrogen-bond donors (Lipinski definition) is 2. The molecule has 0 spiro atoms. The van der Waals surface area contributed by atoms with Crippen molar-refractivity contribution in [1.29, 1.82) is 0 Å². The van der Waals surface area contributed by atoms with Crippen molar-refractivity contribution in [3.63, 3.8) is 0 Å². The molecule has 0 saturated carbocycles. The molecule has 0 amide bonds. The number of methoxy groups -OCH3 is 2. The van der Waals surface area contributed by atoms with E-state index in [1.165, 1.54) is 20.3 Å². The molecule has 0 saturated heterocycles. The van der Waals surface area contributed by atoms with Crippen LogP contribution in [0.15, 0.2) is 10.5 Å². The van der Waals surface area contributed by atoms with Gasteiger partial charge in [-0.15, -0.1) is 0 Å². The largest absolute Gasteiger partial charge is 0.493 e. The Bertz CT molecular complexity index is 497. The highest BCUT2D eigenvalue weighted by atomic mass is 79.9. The number of ether oxygens (including phenoxy) is 2. The van der Waals surface area contributed by atoms with Crippen LogP contribution in [0.5, 0.6) is 11.5 Å². The maximum absolute atomic E-state index is 11.3. The smallest absolute Gasteiger partial charge is 0.339 e. The van der Waals surface area contributed by atoms with E-state index >= 15 is 0 Å². The quantitative estimate of drug-likeness (QED) is 0.859. The number of carboxylic acid groups (broad SMARTS) is 2. The third kappa shape index (κ3) is 2.73. The molecule has 18 heavy (non-hydrogen) atoms. The summed E-state index contributed by atoms with van der Waals surface area (Å²) in [6, 6.07) is 1.48. The number of hydrogen-bond acceptors (Lipinski definition) is 4. The molecular formula is C11H11BrO6. The first-order valence-electron chi connectivity index (χ1n) is 4.80. The van der Waals surface area contributed by atoms with Crippen LogP contribution in [0.2, 0.25) is 0 Å². The lowest BCUT2D eigenvalue weighted by molar-refractivity contribution is -0.136. The number of halogens is 1. The van der Waals surface area contributed by atoms with E-state index < -0.39 is 18.4 Å². The van der Waals surface area contributed by atoms with Crippen molar-refractivity contribution in [2.24, 2.45) is 0 Å². The minimum absolute atomic E-state index is 0.00412. The van der Waals surface area contributed by atoms with Crippen molar-refractivity contribution in [3.8, 4) is 11.5 Å². The van der Waals surface area contributed by atoms with Gasteiger partial charge in [0.05, 0.1) is 20.6 Å². The SMILES string of the molecule is COc1cc(Br)c(CC(=O)O)c(C(=O)O)c1OC. The number of rotatable bonds is 5. The van der Waals surface area contributed by atoms with E-state index in [0.717, 1.165) is 0 Å². The Morgan fingerprint density at radius 1 is 1.28 bits per heavy atom. The van der Waals surface area contributed by atoms with Crippen LogP contribution in [0.3, 0.4) is 0 Å². The van der Waals surface area contributed by atoms with Gasteiger partial charge in [0.15, 0.2) is 11.5 Å². The molecule has 0 fully saturated rings. The molecule has 0 aliphatic carbocycles. The van der Waals surface area contributed by atoms with Gasteiger partial charge >= 0.3 is 11.9 Å². The molecule has 1 aromatic rings. The Morgan fingerprint density at radius 2 is 1.89 bits per heavy atom. The molecule has 98 valence electrons. The highest BCUT2D eigenvalue weighted by molar-refractivity contribution is 9.10. The van der Waals surface area contributed by atoms with Crippen LogP contribution in [-0.4, -0.2) is 36.4 Å². The summed E-state index contributed by atoms with van der Waals surface area (Å²) in [4.78, 5) is 22.0. The molecule has 0 radical (unpaired) electrons. The Kier molecular flexibility index (Phi) is 4.55. The van der Waals surface area contributed by atoms with Crippen molar-refractivity contribution in [2.45, 2.75) is 6.42 Å². The lowest BCUT2D eigenvalue weighted by atomic mass is 10.0. The highest BCUT2D eigenvalue weighted by Crippen LogP contribution is 2.38. The number of aromatic carboxylic acids is 1. The van der Waals surface area contributed by atoms with Gasteiger partial charge in [-0.25, -0.2) is 4.79 Å². The van der Waals surface area contributed by atoms with E-state index in [1.54, 1.807) is 0 Å². The first-order chi connectivity index (χ1) is 8.42. The van der Waals surface area contributed by atoms with Gasteiger partial charge in [-0.1, -0.05) is 15.9 Å². The van der Waals surface area contributed by atoms with Crippen LogP contribution in [-0.2, 0) is 11.2 Å². The summed E-state index contributed by atoms with van der Waals surface area (Å²) in [5.74, 6) is -2.19. The van der Waals surface area contributed by atoms with Crippen LogP contribution >= 0.6 is 15.9 Å². The zero-order chi connectivity index (χ0) is 13.9. The zero-order valence-corrected chi connectivity index (χ0v) is 11.3. The van der Waals surface area contributed by atoms with Gasteiger partial charge in [0.25, 0.3) is 0 Å². The second-order valence-corrected chi connectivity index (χ2v) is 4.18. The molecule has 7 heteroatoms. The molecule has 0 aromatic heterocycles. The molecule has 1 aromatic carbocycles. The average molecular weight is 319 g/mol. The summed E-state index contributed by atoms with van der Waals surface area (Å²) in [7, 11) is 2.66. The Morgan fingerprint density at radius 3 is 2.28 bits per heavy atom. The van der Waals surface area contributed by atoms with Gasteiger partial charge in [0, 0.05) is 4.47 Å². The van der Waals surface area contributed by atoms with Crippen LogP contribution in [0.4, 0.5) is 0 Å². The van der Waals surface area contributed by atoms with Crippen LogP contribution in [0.25, 0.3) is 0 Å². The fourth-order valence-electron chi connectivity index (χ4n) is 1.55. The second kappa shape index (κ2) is 5.72. The molecule has 0 unspecified atom stereocenters. The Hall–Kier alpha value is -1.76. The molecule has 0 bridgehead atoms. The van der Waals surface area contributed by atoms with Crippen LogP contribution in [0, 0.1) is 0 Å². The van der Waals surface area contributed by atoms with E-state index in [0.29, 0.717) is 4.47 Å². The van der Waals surface area contributed by atoms with Gasteiger partial charge in [0.1, 0.15) is 5.56 Å². The predicted molar refractivity (Wildman–Crippen MR) is 65.5 cm³/mol. The minimum atomic E-state index is -1.28. The summed E-state index contributed by atoms with van der Waals surface area (Å²) >= 11 is 3.14. The van der Waals surface area contributed by atoms with Gasteiger partial charge in [-0.3, -0.25) is 4.79 Å². The molecule has 0 heterocycles. The minimum Gasteiger partial charge on any atom is -0.493 e. The summed E-state index contributed by atoms with van der Waals surface area (Å²) in [6.45, 7) is 0. The first-order valence-corrected chi connectivity index (χ1v) is 5.60. The van der Waals surface area contributed by atoms with E-state index in [9.17, 15) is 14.7 Å². The third-order valence-electron chi connectivity index (χ3n) is 2.26. The molecule has 6 nitrogen and oxygen atoms in total. The summed E-state index contributed by atoms with van der Waals surface area (Å²) < 4.78 is 10.3. The number of benzene rings is 1. The molecule has 0 aliphatic rings.